The zero-order chi connectivity index (χ0) is 14.5. The van der Waals surface area contributed by atoms with E-state index in [1.807, 2.05) is 42.3 Å². The van der Waals surface area contributed by atoms with E-state index in [2.05, 4.69) is 4.98 Å². The summed E-state index contributed by atoms with van der Waals surface area (Å²) in [5, 5.41) is 0. The smallest absolute Gasteiger partial charge is 0.165 e. The summed E-state index contributed by atoms with van der Waals surface area (Å²) in [7, 11) is 3.51. The molecule has 2 rings (SSSR count). The van der Waals surface area contributed by atoms with Crippen molar-refractivity contribution in [1.82, 2.24) is 4.98 Å². The Hall–Kier alpha value is -2.36. The number of rotatable bonds is 5. The Morgan fingerprint density at radius 2 is 2.05 bits per heavy atom. The van der Waals surface area contributed by atoms with E-state index in [4.69, 9.17) is 4.74 Å². The molecule has 1 aromatic carbocycles. The molecule has 1 aromatic heterocycles. The van der Waals surface area contributed by atoms with E-state index in [0.717, 1.165) is 11.4 Å². The average Bonchev–Trinajstić information content (AvgIpc) is 2.47. The molecule has 0 N–H and O–H groups in total. The van der Waals surface area contributed by atoms with E-state index in [1.54, 1.807) is 26.3 Å². The summed E-state index contributed by atoms with van der Waals surface area (Å²) in [6.45, 7) is 2.18. The molecule has 4 nitrogen and oxygen atoms in total. The van der Waals surface area contributed by atoms with Gasteiger partial charge in [-0.05, 0) is 31.2 Å². The molecule has 20 heavy (non-hydrogen) atoms. The Labute approximate surface area is 119 Å². The summed E-state index contributed by atoms with van der Waals surface area (Å²) in [6.07, 6.45) is 1.76. The Kier molecular flexibility index (Phi) is 4.35. The van der Waals surface area contributed by atoms with Crippen LogP contribution in [0, 0.1) is 0 Å². The molecular weight excluding hydrogens is 252 g/mol. The van der Waals surface area contributed by atoms with E-state index in [-0.39, 0.29) is 5.78 Å². The zero-order valence-electron chi connectivity index (χ0n) is 12.0. The van der Waals surface area contributed by atoms with Gasteiger partial charge in [0.1, 0.15) is 5.75 Å². The monoisotopic (exact) mass is 270 g/mol. The van der Waals surface area contributed by atoms with Crippen LogP contribution in [0.1, 0.15) is 23.0 Å². The summed E-state index contributed by atoms with van der Waals surface area (Å²) >= 11 is 0. The maximum Gasteiger partial charge on any atom is 0.165 e. The highest BCUT2D eigenvalue weighted by Gasteiger charge is 2.16. The number of anilines is 1. The summed E-state index contributed by atoms with van der Waals surface area (Å²) < 4.78 is 5.28. The fourth-order valence-electron chi connectivity index (χ4n) is 2.18. The van der Waals surface area contributed by atoms with Gasteiger partial charge in [-0.3, -0.25) is 9.78 Å². The van der Waals surface area contributed by atoms with Gasteiger partial charge in [0.15, 0.2) is 5.78 Å². The number of nitrogens with zero attached hydrogens (tertiary/aromatic N) is 2. The van der Waals surface area contributed by atoms with Crippen LogP contribution < -0.4 is 9.64 Å². The lowest BCUT2D eigenvalue weighted by molar-refractivity contribution is 0.101. The molecule has 0 aliphatic carbocycles. The number of hydrogen-bond acceptors (Lipinski definition) is 4. The summed E-state index contributed by atoms with van der Waals surface area (Å²) in [4.78, 5) is 18.2. The van der Waals surface area contributed by atoms with Crippen LogP contribution in [0.25, 0.3) is 0 Å². The Balaban J connectivity index is 2.34. The Morgan fingerprint density at radius 3 is 2.65 bits per heavy atom. The lowest BCUT2D eigenvalue weighted by Gasteiger charge is -2.22. The minimum Gasteiger partial charge on any atom is -0.496 e. The first-order valence-electron chi connectivity index (χ1n) is 6.42. The van der Waals surface area contributed by atoms with Crippen molar-refractivity contribution in [2.24, 2.45) is 0 Å². The maximum atomic E-state index is 11.9. The van der Waals surface area contributed by atoms with Crippen molar-refractivity contribution in [3.8, 4) is 5.75 Å². The quantitative estimate of drug-likeness (QED) is 0.783. The van der Waals surface area contributed by atoms with Crippen LogP contribution in [0.15, 0.2) is 42.6 Å². The number of ether oxygens (including phenoxy) is 1. The van der Waals surface area contributed by atoms with Gasteiger partial charge in [0.05, 0.1) is 30.6 Å². The molecule has 104 valence electrons. The first-order chi connectivity index (χ1) is 9.63. The third kappa shape index (κ3) is 2.96. The van der Waals surface area contributed by atoms with Gasteiger partial charge >= 0.3 is 0 Å². The van der Waals surface area contributed by atoms with Gasteiger partial charge < -0.3 is 9.64 Å². The van der Waals surface area contributed by atoms with E-state index in [9.17, 15) is 4.79 Å². The molecule has 0 spiro atoms. The van der Waals surface area contributed by atoms with Gasteiger partial charge in [-0.2, -0.15) is 0 Å². The van der Waals surface area contributed by atoms with E-state index in [0.29, 0.717) is 17.9 Å². The Bertz CT molecular complexity index is 597. The number of hydrogen-bond donors (Lipinski definition) is 0. The normalized spacial score (nSPS) is 10.2. The number of methoxy groups -OCH3 is 1. The topological polar surface area (TPSA) is 42.4 Å². The SMILES string of the molecule is COc1cccc(N(C)Cc2ccccn2)c1C(C)=O. The average molecular weight is 270 g/mol. The molecule has 4 heteroatoms. The fourth-order valence-corrected chi connectivity index (χ4v) is 2.18. The molecule has 0 saturated carbocycles. The third-order valence-corrected chi connectivity index (χ3v) is 3.11. The minimum absolute atomic E-state index is 0.00896. The van der Waals surface area contributed by atoms with Gasteiger partial charge in [0, 0.05) is 13.2 Å². The number of Topliss-reactive ketones (excluding diaryl/α,β-unsaturated/α-hetero) is 1. The van der Waals surface area contributed by atoms with Crippen LogP contribution in [-0.2, 0) is 6.54 Å². The van der Waals surface area contributed by atoms with Crippen LogP contribution in [-0.4, -0.2) is 24.9 Å². The highest BCUT2D eigenvalue weighted by Crippen LogP contribution is 2.29. The largest absolute Gasteiger partial charge is 0.496 e. The van der Waals surface area contributed by atoms with E-state index >= 15 is 0 Å². The summed E-state index contributed by atoms with van der Waals surface area (Å²) in [5.41, 5.74) is 2.41. The van der Waals surface area contributed by atoms with Crippen molar-refractivity contribution in [3.63, 3.8) is 0 Å². The van der Waals surface area contributed by atoms with Crippen molar-refractivity contribution in [2.75, 3.05) is 19.1 Å². The number of aromatic nitrogens is 1. The second kappa shape index (κ2) is 6.19. The molecule has 2 aromatic rings. The molecule has 0 amide bonds. The standard InChI is InChI=1S/C16H18N2O2/c1-12(19)16-14(8-6-9-15(16)20-3)18(2)11-13-7-4-5-10-17-13/h4-10H,11H2,1-3H3. The van der Waals surface area contributed by atoms with Gasteiger partial charge in [0.25, 0.3) is 0 Å². The third-order valence-electron chi connectivity index (χ3n) is 3.11. The molecule has 0 aliphatic heterocycles. The van der Waals surface area contributed by atoms with E-state index < -0.39 is 0 Å². The minimum atomic E-state index is -0.00896. The number of pyridine rings is 1. The van der Waals surface area contributed by atoms with Crippen LogP contribution >= 0.6 is 0 Å². The van der Waals surface area contributed by atoms with Crippen LogP contribution in [0.4, 0.5) is 5.69 Å². The first-order valence-corrected chi connectivity index (χ1v) is 6.42. The lowest BCUT2D eigenvalue weighted by Crippen LogP contribution is -2.20. The number of carbonyl (C=O) groups is 1. The van der Waals surface area contributed by atoms with E-state index in [1.165, 1.54) is 0 Å². The molecule has 0 fully saturated rings. The van der Waals surface area contributed by atoms with Gasteiger partial charge in [-0.1, -0.05) is 12.1 Å². The van der Waals surface area contributed by atoms with Crippen molar-refractivity contribution in [1.29, 1.82) is 0 Å². The number of ketones is 1. The predicted octanol–water partition coefficient (Wildman–Crippen LogP) is 2.93. The van der Waals surface area contributed by atoms with Gasteiger partial charge in [-0.25, -0.2) is 0 Å². The highest BCUT2D eigenvalue weighted by atomic mass is 16.5. The van der Waals surface area contributed by atoms with Crippen molar-refractivity contribution in [2.45, 2.75) is 13.5 Å². The first kappa shape index (κ1) is 14.1. The molecule has 0 bridgehead atoms. The van der Waals surface area contributed by atoms with Crippen LogP contribution in [0.2, 0.25) is 0 Å². The second-order valence-electron chi connectivity index (χ2n) is 4.59. The zero-order valence-corrected chi connectivity index (χ0v) is 12.0. The van der Waals surface area contributed by atoms with Crippen molar-refractivity contribution in [3.05, 3.63) is 53.9 Å². The predicted molar refractivity (Wildman–Crippen MR) is 79.3 cm³/mol. The van der Waals surface area contributed by atoms with Gasteiger partial charge in [0.2, 0.25) is 0 Å². The maximum absolute atomic E-state index is 11.9. The van der Waals surface area contributed by atoms with Crippen molar-refractivity contribution < 1.29 is 9.53 Å². The molecule has 0 radical (unpaired) electrons. The molecule has 0 saturated heterocycles. The van der Waals surface area contributed by atoms with Crippen molar-refractivity contribution >= 4 is 11.5 Å². The number of carbonyl (C=O) groups excluding carboxylic acids is 1. The number of benzene rings is 1. The van der Waals surface area contributed by atoms with Gasteiger partial charge in [-0.15, -0.1) is 0 Å². The Morgan fingerprint density at radius 1 is 1.25 bits per heavy atom. The molecule has 0 aliphatic rings. The summed E-state index contributed by atoms with van der Waals surface area (Å²) in [5.74, 6) is 0.591. The lowest BCUT2D eigenvalue weighted by atomic mass is 10.1. The molecular formula is C16H18N2O2. The summed E-state index contributed by atoms with van der Waals surface area (Å²) in [6, 6.07) is 11.4. The second-order valence-corrected chi connectivity index (χ2v) is 4.59. The van der Waals surface area contributed by atoms with Crippen LogP contribution in [0.5, 0.6) is 5.75 Å². The fraction of sp³-hybridized carbons (Fsp3) is 0.250. The highest BCUT2D eigenvalue weighted by molar-refractivity contribution is 6.02. The molecule has 1 heterocycles. The molecule has 0 unspecified atom stereocenters. The molecule has 0 atom stereocenters. The van der Waals surface area contributed by atoms with Crippen LogP contribution in [0.3, 0.4) is 0 Å².